The monoisotopic (exact) mass is 358 g/mol. The second kappa shape index (κ2) is 7.18. The highest BCUT2D eigenvalue weighted by Gasteiger charge is 2.24. The minimum atomic E-state index is -0.101. The zero-order valence-corrected chi connectivity index (χ0v) is 15.2. The third-order valence-corrected chi connectivity index (χ3v) is 5.27. The van der Waals surface area contributed by atoms with Gasteiger partial charge in [-0.1, -0.05) is 67.6 Å². The second-order valence-electron chi connectivity index (χ2n) is 6.03. The van der Waals surface area contributed by atoms with E-state index in [0.29, 0.717) is 10.1 Å². The molecule has 1 saturated heterocycles. The number of para-hydroxylation sites is 1. The molecular formula is C22H18N2OS. The number of carbonyl (C=O) groups is 1. The summed E-state index contributed by atoms with van der Waals surface area (Å²) in [4.78, 5) is 17.7. The molecule has 0 bridgehead atoms. The lowest BCUT2D eigenvalue weighted by atomic mass is 10.0. The van der Waals surface area contributed by atoms with E-state index in [1.807, 2.05) is 48.5 Å². The van der Waals surface area contributed by atoms with E-state index in [9.17, 15) is 4.79 Å². The SMILES string of the molecule is CCc1ccccc1N=C1NC(=O)/C(=C/c2cccc3ccccc23)S1. The topological polar surface area (TPSA) is 41.5 Å². The van der Waals surface area contributed by atoms with Crippen LogP contribution in [0.25, 0.3) is 16.8 Å². The smallest absolute Gasteiger partial charge is 0.264 e. The molecule has 1 N–H and O–H groups in total. The van der Waals surface area contributed by atoms with E-state index in [4.69, 9.17) is 0 Å². The Balaban J connectivity index is 1.68. The first-order chi connectivity index (χ1) is 12.7. The van der Waals surface area contributed by atoms with Crippen LogP contribution in [-0.4, -0.2) is 11.1 Å². The highest BCUT2D eigenvalue weighted by atomic mass is 32.2. The average molecular weight is 358 g/mol. The fourth-order valence-electron chi connectivity index (χ4n) is 3.03. The zero-order valence-electron chi connectivity index (χ0n) is 14.4. The predicted molar refractivity (Wildman–Crippen MR) is 111 cm³/mol. The second-order valence-corrected chi connectivity index (χ2v) is 7.06. The van der Waals surface area contributed by atoms with E-state index < -0.39 is 0 Å². The lowest BCUT2D eigenvalue weighted by Crippen LogP contribution is -2.19. The highest BCUT2D eigenvalue weighted by Crippen LogP contribution is 2.31. The Bertz CT molecular complexity index is 1050. The van der Waals surface area contributed by atoms with E-state index in [1.165, 1.54) is 17.3 Å². The van der Waals surface area contributed by atoms with Gasteiger partial charge in [-0.3, -0.25) is 4.79 Å². The number of rotatable bonds is 3. The normalized spacial score (nSPS) is 17.2. The van der Waals surface area contributed by atoms with Crippen LogP contribution in [0.15, 0.2) is 76.6 Å². The lowest BCUT2D eigenvalue weighted by Gasteiger charge is -2.03. The molecule has 1 aliphatic rings. The zero-order chi connectivity index (χ0) is 17.9. The maximum absolute atomic E-state index is 12.4. The molecule has 0 unspecified atom stereocenters. The summed E-state index contributed by atoms with van der Waals surface area (Å²) in [6.45, 7) is 2.10. The summed E-state index contributed by atoms with van der Waals surface area (Å²) >= 11 is 1.39. The van der Waals surface area contributed by atoms with Crippen LogP contribution in [0, 0.1) is 0 Å². The molecule has 0 atom stereocenters. The molecule has 0 aliphatic carbocycles. The van der Waals surface area contributed by atoms with Crippen LogP contribution in [0.3, 0.4) is 0 Å². The van der Waals surface area contributed by atoms with E-state index in [0.717, 1.165) is 28.4 Å². The summed E-state index contributed by atoms with van der Waals surface area (Å²) in [5.41, 5.74) is 3.11. The van der Waals surface area contributed by atoms with Crippen LogP contribution in [0.1, 0.15) is 18.1 Å². The Morgan fingerprint density at radius 3 is 2.65 bits per heavy atom. The van der Waals surface area contributed by atoms with E-state index >= 15 is 0 Å². The van der Waals surface area contributed by atoms with Gasteiger partial charge in [0.1, 0.15) is 0 Å². The van der Waals surface area contributed by atoms with Gasteiger partial charge in [0.15, 0.2) is 5.17 Å². The van der Waals surface area contributed by atoms with Crippen molar-refractivity contribution in [2.24, 2.45) is 4.99 Å². The van der Waals surface area contributed by atoms with Gasteiger partial charge in [0, 0.05) is 0 Å². The van der Waals surface area contributed by atoms with Crippen LogP contribution in [0.4, 0.5) is 5.69 Å². The number of carbonyl (C=O) groups excluding carboxylic acids is 1. The summed E-state index contributed by atoms with van der Waals surface area (Å²) < 4.78 is 0. The van der Waals surface area contributed by atoms with E-state index in [1.54, 1.807) is 0 Å². The van der Waals surface area contributed by atoms with Gasteiger partial charge in [0.2, 0.25) is 0 Å². The van der Waals surface area contributed by atoms with Gasteiger partial charge >= 0.3 is 0 Å². The summed E-state index contributed by atoms with van der Waals surface area (Å²) in [5.74, 6) is -0.101. The van der Waals surface area contributed by atoms with Gasteiger partial charge in [-0.2, -0.15) is 0 Å². The molecule has 3 aromatic rings. The first-order valence-electron chi connectivity index (χ1n) is 8.60. The third-order valence-electron chi connectivity index (χ3n) is 4.36. The molecule has 3 nitrogen and oxygen atoms in total. The summed E-state index contributed by atoms with van der Waals surface area (Å²) in [7, 11) is 0. The van der Waals surface area contributed by atoms with Gasteiger partial charge in [0.25, 0.3) is 5.91 Å². The number of hydrogen-bond donors (Lipinski definition) is 1. The van der Waals surface area contributed by atoms with Crippen molar-refractivity contribution < 1.29 is 4.79 Å². The number of aliphatic imine (C=N–C) groups is 1. The maximum Gasteiger partial charge on any atom is 0.264 e. The van der Waals surface area contributed by atoms with Crippen LogP contribution >= 0.6 is 11.8 Å². The van der Waals surface area contributed by atoms with Crippen molar-refractivity contribution in [2.45, 2.75) is 13.3 Å². The Morgan fingerprint density at radius 2 is 1.77 bits per heavy atom. The molecule has 1 aliphatic heterocycles. The first-order valence-corrected chi connectivity index (χ1v) is 9.41. The van der Waals surface area contributed by atoms with E-state index in [-0.39, 0.29) is 5.91 Å². The molecule has 3 aromatic carbocycles. The van der Waals surface area contributed by atoms with Crippen molar-refractivity contribution >= 4 is 45.4 Å². The van der Waals surface area contributed by atoms with Gasteiger partial charge in [-0.25, -0.2) is 4.99 Å². The fourth-order valence-corrected chi connectivity index (χ4v) is 3.85. The number of nitrogens with zero attached hydrogens (tertiary/aromatic N) is 1. The summed E-state index contributed by atoms with van der Waals surface area (Å²) in [6.07, 6.45) is 2.85. The standard InChI is InChI=1S/C22H18N2OS/c1-2-15-8-4-6-13-19(15)23-22-24-21(25)20(26-22)14-17-11-7-10-16-9-3-5-12-18(16)17/h3-14H,2H2,1H3,(H,23,24,25)/b20-14-. The molecule has 0 saturated carbocycles. The minimum Gasteiger partial charge on any atom is -0.300 e. The molecule has 0 spiro atoms. The Hall–Kier alpha value is -2.85. The van der Waals surface area contributed by atoms with Crippen LogP contribution in [0.2, 0.25) is 0 Å². The number of thioether (sulfide) groups is 1. The van der Waals surface area contributed by atoms with Crippen molar-refractivity contribution in [3.63, 3.8) is 0 Å². The van der Waals surface area contributed by atoms with Crippen molar-refractivity contribution in [3.8, 4) is 0 Å². The van der Waals surface area contributed by atoms with Crippen molar-refractivity contribution in [1.82, 2.24) is 5.32 Å². The van der Waals surface area contributed by atoms with E-state index in [2.05, 4.69) is 41.5 Å². The molecule has 0 aromatic heterocycles. The third kappa shape index (κ3) is 3.28. The van der Waals surface area contributed by atoms with Crippen molar-refractivity contribution in [1.29, 1.82) is 0 Å². The molecule has 4 heteroatoms. The number of nitrogens with one attached hydrogen (secondary N) is 1. The van der Waals surface area contributed by atoms with Gasteiger partial charge < -0.3 is 5.32 Å². The largest absolute Gasteiger partial charge is 0.300 e. The molecular weight excluding hydrogens is 340 g/mol. The number of aryl methyl sites for hydroxylation is 1. The number of benzene rings is 3. The average Bonchev–Trinajstić information content (AvgIpc) is 3.01. The molecule has 1 fully saturated rings. The minimum absolute atomic E-state index is 0.101. The first kappa shape index (κ1) is 16.6. The number of hydrogen-bond acceptors (Lipinski definition) is 3. The summed E-state index contributed by atoms with van der Waals surface area (Å²) in [6, 6.07) is 22.3. The van der Waals surface area contributed by atoms with Crippen molar-refractivity contribution in [2.75, 3.05) is 0 Å². The molecule has 26 heavy (non-hydrogen) atoms. The molecule has 0 radical (unpaired) electrons. The number of amidine groups is 1. The van der Waals surface area contributed by atoms with Gasteiger partial charge in [-0.15, -0.1) is 0 Å². The maximum atomic E-state index is 12.4. The van der Waals surface area contributed by atoms with Crippen LogP contribution in [-0.2, 0) is 11.2 Å². The molecule has 1 amide bonds. The number of amides is 1. The Kier molecular flexibility index (Phi) is 4.59. The molecule has 4 rings (SSSR count). The Morgan fingerprint density at radius 1 is 1.00 bits per heavy atom. The Labute approximate surface area is 156 Å². The quantitative estimate of drug-likeness (QED) is 0.646. The predicted octanol–water partition coefficient (Wildman–Crippen LogP) is 5.29. The molecule has 1 heterocycles. The summed E-state index contributed by atoms with van der Waals surface area (Å²) in [5, 5.41) is 5.80. The number of fused-ring (bicyclic) bond motifs is 1. The van der Waals surface area contributed by atoms with Gasteiger partial charge in [0.05, 0.1) is 10.6 Å². The lowest BCUT2D eigenvalue weighted by molar-refractivity contribution is -0.115. The highest BCUT2D eigenvalue weighted by molar-refractivity contribution is 8.18. The van der Waals surface area contributed by atoms with Crippen molar-refractivity contribution in [3.05, 3.63) is 82.8 Å². The van der Waals surface area contributed by atoms with Gasteiger partial charge in [-0.05, 0) is 52.2 Å². The fraction of sp³-hybridized carbons (Fsp3) is 0.0909. The molecule has 128 valence electrons. The van der Waals surface area contributed by atoms with Crippen LogP contribution < -0.4 is 5.32 Å². The van der Waals surface area contributed by atoms with Crippen LogP contribution in [0.5, 0.6) is 0 Å².